The highest BCUT2D eigenvalue weighted by Crippen LogP contribution is 2.23. The molecule has 6 heteroatoms. The zero-order valence-electron chi connectivity index (χ0n) is 14.5. The molecule has 1 amide bonds. The minimum atomic E-state index is 0.104. The summed E-state index contributed by atoms with van der Waals surface area (Å²) in [5, 5.41) is 5.32. The van der Waals surface area contributed by atoms with Crippen LogP contribution in [0, 0.1) is 0 Å². The van der Waals surface area contributed by atoms with E-state index in [1.165, 1.54) is 25.8 Å². The molecule has 4 heterocycles. The van der Waals surface area contributed by atoms with E-state index in [-0.39, 0.29) is 11.9 Å². The SMILES string of the molecule is CC(C)n1ncc2cc(C(=O)N3CCN4CCCC[C@H]4C3)cnc21. The predicted molar refractivity (Wildman–Crippen MR) is 93.0 cm³/mol. The third-order valence-electron chi connectivity index (χ3n) is 5.29. The van der Waals surface area contributed by atoms with E-state index in [1.807, 2.05) is 15.6 Å². The number of hydrogen-bond acceptors (Lipinski definition) is 4. The van der Waals surface area contributed by atoms with Crippen molar-refractivity contribution in [1.29, 1.82) is 0 Å². The Kier molecular flexibility index (Phi) is 4.00. The largest absolute Gasteiger partial charge is 0.336 e. The van der Waals surface area contributed by atoms with E-state index < -0.39 is 0 Å². The first-order valence-corrected chi connectivity index (χ1v) is 9.00. The van der Waals surface area contributed by atoms with E-state index in [4.69, 9.17) is 0 Å². The molecular formula is C18H25N5O. The molecule has 0 spiro atoms. The van der Waals surface area contributed by atoms with Gasteiger partial charge in [-0.2, -0.15) is 5.10 Å². The maximum absolute atomic E-state index is 12.9. The van der Waals surface area contributed by atoms with E-state index in [1.54, 1.807) is 12.4 Å². The first kappa shape index (κ1) is 15.6. The Bertz CT molecular complexity index is 753. The fourth-order valence-electron chi connectivity index (χ4n) is 3.96. The van der Waals surface area contributed by atoms with Crippen LogP contribution < -0.4 is 0 Å². The second-order valence-electron chi connectivity index (χ2n) is 7.26. The van der Waals surface area contributed by atoms with Gasteiger partial charge in [0.25, 0.3) is 5.91 Å². The Balaban J connectivity index is 1.55. The van der Waals surface area contributed by atoms with Crippen molar-refractivity contribution in [2.75, 3.05) is 26.2 Å². The summed E-state index contributed by atoms with van der Waals surface area (Å²) >= 11 is 0. The number of pyridine rings is 1. The predicted octanol–water partition coefficient (Wildman–Crippen LogP) is 2.32. The van der Waals surface area contributed by atoms with Crippen molar-refractivity contribution in [2.24, 2.45) is 0 Å². The van der Waals surface area contributed by atoms with Crippen molar-refractivity contribution in [2.45, 2.75) is 45.2 Å². The second kappa shape index (κ2) is 6.16. The summed E-state index contributed by atoms with van der Waals surface area (Å²) in [6.45, 7) is 8.01. The molecule has 4 rings (SSSR count). The van der Waals surface area contributed by atoms with Gasteiger partial charge in [-0.1, -0.05) is 6.42 Å². The Morgan fingerprint density at radius 2 is 2.08 bits per heavy atom. The zero-order valence-corrected chi connectivity index (χ0v) is 14.5. The van der Waals surface area contributed by atoms with E-state index in [0.29, 0.717) is 11.6 Å². The van der Waals surface area contributed by atoms with Gasteiger partial charge in [0.1, 0.15) is 0 Å². The van der Waals surface area contributed by atoms with Crippen LogP contribution in [0.3, 0.4) is 0 Å². The maximum Gasteiger partial charge on any atom is 0.255 e. The lowest BCUT2D eigenvalue weighted by molar-refractivity contribution is 0.0372. The lowest BCUT2D eigenvalue weighted by Gasteiger charge is -2.44. The standard InChI is InChI=1S/C18H25N5O/c1-13(2)23-17-14(11-20-23)9-15(10-19-17)18(24)22-8-7-21-6-4-3-5-16(21)12-22/h9-11,13,16H,3-8,12H2,1-2H3/t16-/m0/s1. The van der Waals surface area contributed by atoms with Gasteiger partial charge < -0.3 is 4.90 Å². The maximum atomic E-state index is 12.9. The van der Waals surface area contributed by atoms with E-state index in [9.17, 15) is 4.79 Å². The molecule has 2 aliphatic rings. The van der Waals surface area contributed by atoms with Gasteiger partial charge in [-0.25, -0.2) is 9.67 Å². The Labute approximate surface area is 142 Å². The zero-order chi connectivity index (χ0) is 16.7. The number of rotatable bonds is 2. The van der Waals surface area contributed by atoms with Crippen LogP contribution in [0.1, 0.15) is 49.5 Å². The number of fused-ring (bicyclic) bond motifs is 2. The summed E-state index contributed by atoms with van der Waals surface area (Å²) in [6.07, 6.45) is 7.30. The molecular weight excluding hydrogens is 302 g/mol. The summed E-state index contributed by atoms with van der Waals surface area (Å²) in [5.41, 5.74) is 1.52. The van der Waals surface area contributed by atoms with Crippen LogP contribution in [0.5, 0.6) is 0 Å². The van der Waals surface area contributed by atoms with Gasteiger partial charge in [0.2, 0.25) is 0 Å². The van der Waals surface area contributed by atoms with Gasteiger partial charge in [0.15, 0.2) is 5.65 Å². The highest BCUT2D eigenvalue weighted by Gasteiger charge is 2.31. The van der Waals surface area contributed by atoms with Gasteiger partial charge in [-0.3, -0.25) is 9.69 Å². The van der Waals surface area contributed by atoms with Crippen LogP contribution >= 0.6 is 0 Å². The van der Waals surface area contributed by atoms with Crippen molar-refractivity contribution in [3.8, 4) is 0 Å². The van der Waals surface area contributed by atoms with Crippen LogP contribution in [0.2, 0.25) is 0 Å². The lowest BCUT2D eigenvalue weighted by atomic mass is 9.99. The highest BCUT2D eigenvalue weighted by atomic mass is 16.2. The van der Waals surface area contributed by atoms with Crippen LogP contribution in [0.25, 0.3) is 11.0 Å². The molecule has 6 nitrogen and oxygen atoms in total. The Morgan fingerprint density at radius 3 is 2.92 bits per heavy atom. The van der Waals surface area contributed by atoms with Crippen LogP contribution in [-0.2, 0) is 0 Å². The first-order chi connectivity index (χ1) is 11.6. The number of carbonyl (C=O) groups excluding carboxylic acids is 1. The molecule has 0 aromatic carbocycles. The normalized spacial score (nSPS) is 22.1. The van der Waals surface area contributed by atoms with Gasteiger partial charge in [0.05, 0.1) is 11.8 Å². The molecule has 0 N–H and O–H groups in total. The molecule has 1 atom stereocenters. The summed E-state index contributed by atoms with van der Waals surface area (Å²) < 4.78 is 1.89. The number of aromatic nitrogens is 3. The molecule has 0 radical (unpaired) electrons. The number of carbonyl (C=O) groups is 1. The van der Waals surface area contributed by atoms with Gasteiger partial charge in [0, 0.05) is 43.3 Å². The number of amides is 1. The van der Waals surface area contributed by atoms with Gasteiger partial charge >= 0.3 is 0 Å². The molecule has 2 saturated heterocycles. The molecule has 2 aliphatic heterocycles. The van der Waals surface area contributed by atoms with Crippen molar-refractivity contribution >= 4 is 16.9 Å². The molecule has 128 valence electrons. The molecule has 24 heavy (non-hydrogen) atoms. The van der Waals surface area contributed by atoms with Gasteiger partial charge in [-0.15, -0.1) is 0 Å². The molecule has 0 bridgehead atoms. The molecule has 2 fully saturated rings. The smallest absolute Gasteiger partial charge is 0.255 e. The summed E-state index contributed by atoms with van der Waals surface area (Å²) in [5.74, 6) is 0.104. The van der Waals surface area contributed by atoms with E-state index in [0.717, 1.165) is 30.7 Å². The molecule has 0 unspecified atom stereocenters. The van der Waals surface area contributed by atoms with E-state index >= 15 is 0 Å². The fraction of sp³-hybridized carbons (Fsp3) is 0.611. The number of nitrogens with zero attached hydrogens (tertiary/aromatic N) is 5. The van der Waals surface area contributed by atoms with Crippen LogP contribution in [0.15, 0.2) is 18.5 Å². The second-order valence-corrected chi connectivity index (χ2v) is 7.26. The molecule has 0 saturated carbocycles. The summed E-state index contributed by atoms with van der Waals surface area (Å²) in [4.78, 5) is 21.9. The third kappa shape index (κ3) is 2.69. The molecule has 2 aromatic heterocycles. The van der Waals surface area contributed by atoms with Gasteiger partial charge in [-0.05, 0) is 39.3 Å². The quantitative estimate of drug-likeness (QED) is 0.849. The fourth-order valence-corrected chi connectivity index (χ4v) is 3.96. The molecule has 0 aliphatic carbocycles. The first-order valence-electron chi connectivity index (χ1n) is 9.00. The number of hydrogen-bond donors (Lipinski definition) is 0. The van der Waals surface area contributed by atoms with Crippen molar-refractivity contribution in [1.82, 2.24) is 24.6 Å². The van der Waals surface area contributed by atoms with Crippen LogP contribution in [0.4, 0.5) is 0 Å². The monoisotopic (exact) mass is 327 g/mol. The third-order valence-corrected chi connectivity index (χ3v) is 5.29. The summed E-state index contributed by atoms with van der Waals surface area (Å²) in [6, 6.07) is 2.73. The minimum absolute atomic E-state index is 0.104. The van der Waals surface area contributed by atoms with Crippen molar-refractivity contribution in [3.05, 3.63) is 24.0 Å². The number of piperidine rings is 1. The molecule has 2 aromatic rings. The topological polar surface area (TPSA) is 54.3 Å². The summed E-state index contributed by atoms with van der Waals surface area (Å²) in [7, 11) is 0. The Morgan fingerprint density at radius 1 is 1.21 bits per heavy atom. The number of piperazine rings is 1. The average Bonchev–Trinajstić information content (AvgIpc) is 3.04. The Hall–Kier alpha value is -1.95. The highest BCUT2D eigenvalue weighted by molar-refractivity contribution is 5.97. The van der Waals surface area contributed by atoms with Crippen molar-refractivity contribution in [3.63, 3.8) is 0 Å². The van der Waals surface area contributed by atoms with E-state index in [2.05, 4.69) is 28.8 Å². The lowest BCUT2D eigenvalue weighted by Crippen LogP contribution is -2.56. The minimum Gasteiger partial charge on any atom is -0.336 e. The van der Waals surface area contributed by atoms with Crippen LogP contribution in [-0.4, -0.2) is 62.7 Å². The van der Waals surface area contributed by atoms with Crippen molar-refractivity contribution < 1.29 is 4.79 Å². The average molecular weight is 327 g/mol.